The topological polar surface area (TPSA) is 26.3 Å². The molecule has 0 amide bonds. The molecule has 3 atom stereocenters. The van der Waals surface area contributed by atoms with Crippen molar-refractivity contribution in [3.05, 3.63) is 11.6 Å². The Bertz CT molecular complexity index is 394. The predicted octanol–water partition coefficient (Wildman–Crippen LogP) is 4.32. The second kappa shape index (κ2) is 5.17. The molecule has 1 saturated carbocycles. The van der Waals surface area contributed by atoms with E-state index in [4.69, 9.17) is 4.43 Å². The lowest BCUT2D eigenvalue weighted by molar-refractivity contribution is -0.114. The molecular formula is C16H28O2Si. The van der Waals surface area contributed by atoms with E-state index in [0.717, 1.165) is 24.8 Å². The zero-order valence-corrected chi connectivity index (χ0v) is 14.1. The number of carbonyl (C=O) groups excluding carboxylic acids is 1. The first-order chi connectivity index (χ1) is 8.71. The van der Waals surface area contributed by atoms with E-state index in [1.807, 2.05) is 0 Å². The summed E-state index contributed by atoms with van der Waals surface area (Å²) in [6.45, 7) is 10.9. The van der Waals surface area contributed by atoms with Crippen LogP contribution in [0.1, 0.15) is 46.0 Å². The van der Waals surface area contributed by atoms with E-state index in [0.29, 0.717) is 17.4 Å². The zero-order chi connectivity index (χ0) is 14.3. The van der Waals surface area contributed by atoms with Gasteiger partial charge in [-0.05, 0) is 63.2 Å². The Kier molecular flexibility index (Phi) is 4.08. The van der Waals surface area contributed by atoms with E-state index in [9.17, 15) is 4.79 Å². The highest BCUT2D eigenvalue weighted by Crippen LogP contribution is 2.50. The van der Waals surface area contributed by atoms with Crippen LogP contribution in [0.15, 0.2) is 11.6 Å². The van der Waals surface area contributed by atoms with Crippen molar-refractivity contribution in [2.45, 2.75) is 71.7 Å². The maximum absolute atomic E-state index is 11.7. The van der Waals surface area contributed by atoms with Crippen LogP contribution in [0.3, 0.4) is 0 Å². The summed E-state index contributed by atoms with van der Waals surface area (Å²) in [4.78, 5) is 11.7. The molecule has 0 aromatic rings. The Morgan fingerprint density at radius 3 is 2.63 bits per heavy atom. The van der Waals surface area contributed by atoms with Gasteiger partial charge in [0, 0.05) is 5.92 Å². The second-order valence-electron chi connectivity index (χ2n) is 7.59. The van der Waals surface area contributed by atoms with E-state index in [-0.39, 0.29) is 5.78 Å². The van der Waals surface area contributed by atoms with Gasteiger partial charge in [0.15, 0.2) is 14.1 Å². The summed E-state index contributed by atoms with van der Waals surface area (Å²) in [6.07, 6.45) is 8.41. The Morgan fingerprint density at radius 1 is 1.37 bits per heavy atom. The monoisotopic (exact) mass is 280 g/mol. The highest BCUT2D eigenvalue weighted by molar-refractivity contribution is 6.69. The molecule has 0 aromatic heterocycles. The van der Waals surface area contributed by atoms with E-state index in [1.54, 1.807) is 6.92 Å². The third-order valence-corrected chi connectivity index (χ3v) is 5.76. The van der Waals surface area contributed by atoms with Gasteiger partial charge < -0.3 is 4.43 Å². The fourth-order valence-corrected chi connectivity index (χ4v) is 4.88. The van der Waals surface area contributed by atoms with E-state index < -0.39 is 8.32 Å². The first-order valence-corrected chi connectivity index (χ1v) is 11.0. The predicted molar refractivity (Wildman–Crippen MR) is 81.7 cm³/mol. The van der Waals surface area contributed by atoms with Gasteiger partial charge >= 0.3 is 0 Å². The summed E-state index contributed by atoms with van der Waals surface area (Å²) in [5.74, 6) is 0.694. The maximum Gasteiger partial charge on any atom is 0.184 e. The van der Waals surface area contributed by atoms with Crippen molar-refractivity contribution in [2.75, 3.05) is 0 Å². The van der Waals surface area contributed by atoms with Crippen molar-refractivity contribution in [1.82, 2.24) is 0 Å². The molecule has 3 heteroatoms. The molecule has 108 valence electrons. The Labute approximate surface area is 118 Å². The molecule has 2 nitrogen and oxygen atoms in total. The molecule has 1 fully saturated rings. The molecule has 2 aliphatic carbocycles. The highest BCUT2D eigenvalue weighted by atomic mass is 28.4. The Hall–Kier alpha value is -0.413. The van der Waals surface area contributed by atoms with Gasteiger partial charge in [-0.2, -0.15) is 0 Å². The molecule has 2 rings (SSSR count). The molecule has 19 heavy (non-hydrogen) atoms. The molecule has 0 spiro atoms. The van der Waals surface area contributed by atoms with Gasteiger partial charge in [-0.1, -0.05) is 19.4 Å². The van der Waals surface area contributed by atoms with Crippen molar-refractivity contribution < 1.29 is 9.22 Å². The van der Waals surface area contributed by atoms with Crippen molar-refractivity contribution >= 4 is 14.1 Å². The van der Waals surface area contributed by atoms with Gasteiger partial charge in [-0.15, -0.1) is 0 Å². The SMILES string of the molecule is CC(=O)C1=C[C@H]2[C@@H](O[Si](C)(C)C)CCC[C@]2(C)CC1. The van der Waals surface area contributed by atoms with Crippen LogP contribution in [-0.4, -0.2) is 20.2 Å². The summed E-state index contributed by atoms with van der Waals surface area (Å²) < 4.78 is 6.42. The number of hydrogen-bond donors (Lipinski definition) is 0. The number of carbonyl (C=O) groups is 1. The van der Waals surface area contributed by atoms with Crippen LogP contribution in [0.4, 0.5) is 0 Å². The number of rotatable bonds is 3. The molecule has 0 unspecified atom stereocenters. The summed E-state index contributed by atoms with van der Waals surface area (Å²) >= 11 is 0. The van der Waals surface area contributed by atoms with Gasteiger partial charge in [0.25, 0.3) is 0 Å². The van der Waals surface area contributed by atoms with Crippen molar-refractivity contribution in [3.63, 3.8) is 0 Å². The smallest absolute Gasteiger partial charge is 0.184 e. The summed E-state index contributed by atoms with van der Waals surface area (Å²) in [6, 6.07) is 0. The number of hydrogen-bond acceptors (Lipinski definition) is 2. The quantitative estimate of drug-likeness (QED) is 0.720. The van der Waals surface area contributed by atoms with E-state index in [2.05, 4.69) is 32.6 Å². The minimum Gasteiger partial charge on any atom is -0.414 e. The molecule has 0 bridgehead atoms. The lowest BCUT2D eigenvalue weighted by atomic mass is 9.60. The fourth-order valence-electron chi connectivity index (χ4n) is 3.70. The first-order valence-electron chi connectivity index (χ1n) is 7.61. The molecule has 0 aromatic carbocycles. The maximum atomic E-state index is 11.7. The lowest BCUT2D eigenvalue weighted by Crippen LogP contribution is -2.46. The number of allylic oxidation sites excluding steroid dienone is 1. The van der Waals surface area contributed by atoms with Crippen LogP contribution in [0.25, 0.3) is 0 Å². The fraction of sp³-hybridized carbons (Fsp3) is 0.812. The van der Waals surface area contributed by atoms with Gasteiger partial charge in [-0.3, -0.25) is 4.79 Å². The standard InChI is InChI=1S/C16H28O2Si/c1-12(17)13-8-10-16(2)9-6-7-15(14(16)11-13)18-19(3,4)5/h11,14-15H,6-10H2,1-5H3/t14-,15-,16+/m0/s1. The number of fused-ring (bicyclic) bond motifs is 1. The lowest BCUT2D eigenvalue weighted by Gasteiger charge is -2.49. The third-order valence-electron chi connectivity index (χ3n) is 4.75. The Morgan fingerprint density at radius 2 is 2.05 bits per heavy atom. The van der Waals surface area contributed by atoms with Gasteiger partial charge in [-0.25, -0.2) is 0 Å². The normalized spacial score (nSPS) is 35.5. The summed E-state index contributed by atoms with van der Waals surface area (Å²) in [5.41, 5.74) is 1.38. The van der Waals surface area contributed by atoms with Gasteiger partial charge in [0.2, 0.25) is 0 Å². The molecule has 0 radical (unpaired) electrons. The second-order valence-corrected chi connectivity index (χ2v) is 12.0. The average molecular weight is 280 g/mol. The average Bonchev–Trinajstić information content (AvgIpc) is 2.26. The minimum atomic E-state index is -1.52. The first kappa shape index (κ1) is 15.0. The Balaban J connectivity index is 2.26. The van der Waals surface area contributed by atoms with Gasteiger partial charge in [0.05, 0.1) is 6.10 Å². The van der Waals surface area contributed by atoms with Gasteiger partial charge in [0.1, 0.15) is 0 Å². The van der Waals surface area contributed by atoms with E-state index >= 15 is 0 Å². The van der Waals surface area contributed by atoms with Crippen LogP contribution in [0, 0.1) is 11.3 Å². The van der Waals surface area contributed by atoms with Crippen LogP contribution >= 0.6 is 0 Å². The van der Waals surface area contributed by atoms with Crippen LogP contribution in [-0.2, 0) is 9.22 Å². The molecule has 0 N–H and O–H groups in total. The van der Waals surface area contributed by atoms with Crippen molar-refractivity contribution in [2.24, 2.45) is 11.3 Å². The highest BCUT2D eigenvalue weighted by Gasteiger charge is 2.44. The number of ketones is 1. The molecule has 2 aliphatic rings. The van der Waals surface area contributed by atoms with Crippen LogP contribution in [0.5, 0.6) is 0 Å². The van der Waals surface area contributed by atoms with E-state index in [1.165, 1.54) is 12.8 Å². The minimum absolute atomic E-state index is 0.249. The molecular weight excluding hydrogens is 252 g/mol. The summed E-state index contributed by atoms with van der Waals surface area (Å²) in [5, 5.41) is 0. The largest absolute Gasteiger partial charge is 0.414 e. The van der Waals surface area contributed by atoms with Crippen molar-refractivity contribution in [3.8, 4) is 0 Å². The number of Topliss-reactive ketones (excluding diaryl/α,β-unsaturated/α-hetero) is 1. The molecule has 0 heterocycles. The van der Waals surface area contributed by atoms with Crippen molar-refractivity contribution in [1.29, 1.82) is 0 Å². The van der Waals surface area contributed by atoms with Crippen LogP contribution < -0.4 is 0 Å². The molecule has 0 saturated heterocycles. The van der Waals surface area contributed by atoms with Crippen LogP contribution in [0.2, 0.25) is 19.6 Å². The molecule has 0 aliphatic heterocycles. The third kappa shape index (κ3) is 3.37. The summed E-state index contributed by atoms with van der Waals surface area (Å²) in [7, 11) is -1.52. The zero-order valence-electron chi connectivity index (χ0n) is 13.1.